The van der Waals surface area contributed by atoms with Crippen LogP contribution in [0, 0.1) is 0 Å². The number of benzene rings is 1. The molecule has 100 valence electrons. The highest BCUT2D eigenvalue weighted by Gasteiger charge is 2.11. The van der Waals surface area contributed by atoms with Crippen LogP contribution < -0.4 is 10.5 Å². The Morgan fingerprint density at radius 3 is 2.79 bits per heavy atom. The molecule has 0 unspecified atom stereocenters. The standard InChI is InChI=1S/C14H16N2O2S/c1-16(2)14(17)10-5-6-12(15)13(8-10)18-9-11-4-3-7-19-11/h3-8H,9,15H2,1-2H3. The lowest BCUT2D eigenvalue weighted by atomic mass is 10.1. The predicted octanol–water partition coefficient (Wildman–Crippen LogP) is 2.61. The van der Waals surface area contributed by atoms with E-state index < -0.39 is 0 Å². The van der Waals surface area contributed by atoms with Crippen molar-refractivity contribution in [2.75, 3.05) is 19.8 Å². The van der Waals surface area contributed by atoms with Gasteiger partial charge in [-0.05, 0) is 29.6 Å². The molecule has 4 nitrogen and oxygen atoms in total. The molecule has 0 aliphatic carbocycles. The Labute approximate surface area is 116 Å². The number of nitrogens with zero attached hydrogens (tertiary/aromatic N) is 1. The topological polar surface area (TPSA) is 55.6 Å². The zero-order valence-corrected chi connectivity index (χ0v) is 11.7. The molecule has 1 heterocycles. The minimum absolute atomic E-state index is 0.0685. The highest BCUT2D eigenvalue weighted by Crippen LogP contribution is 2.25. The molecular weight excluding hydrogens is 260 g/mol. The fraction of sp³-hybridized carbons (Fsp3) is 0.214. The normalized spacial score (nSPS) is 10.2. The number of nitrogens with two attached hydrogens (primary N) is 1. The molecule has 2 rings (SSSR count). The second-order valence-corrected chi connectivity index (χ2v) is 5.35. The average Bonchev–Trinajstić information content (AvgIpc) is 2.90. The van der Waals surface area contributed by atoms with Crippen molar-refractivity contribution in [3.05, 3.63) is 46.2 Å². The van der Waals surface area contributed by atoms with Crippen LogP contribution in [-0.4, -0.2) is 24.9 Å². The second-order valence-electron chi connectivity index (χ2n) is 4.32. The highest BCUT2D eigenvalue weighted by atomic mass is 32.1. The number of carbonyl (C=O) groups excluding carboxylic acids is 1. The minimum atomic E-state index is -0.0685. The molecule has 2 aromatic rings. The van der Waals surface area contributed by atoms with E-state index in [0.29, 0.717) is 23.6 Å². The van der Waals surface area contributed by atoms with E-state index in [-0.39, 0.29) is 5.91 Å². The number of ether oxygens (including phenoxy) is 1. The van der Waals surface area contributed by atoms with Gasteiger partial charge in [-0.3, -0.25) is 4.79 Å². The maximum Gasteiger partial charge on any atom is 0.253 e. The van der Waals surface area contributed by atoms with Crippen molar-refractivity contribution >= 4 is 22.9 Å². The fourth-order valence-corrected chi connectivity index (χ4v) is 2.21. The van der Waals surface area contributed by atoms with Crippen molar-refractivity contribution < 1.29 is 9.53 Å². The Kier molecular flexibility index (Phi) is 4.06. The number of thiophene rings is 1. The van der Waals surface area contributed by atoms with Crippen LogP contribution in [0.3, 0.4) is 0 Å². The first-order chi connectivity index (χ1) is 9.08. The van der Waals surface area contributed by atoms with E-state index >= 15 is 0 Å². The van der Waals surface area contributed by atoms with Gasteiger partial charge in [-0.2, -0.15) is 0 Å². The van der Waals surface area contributed by atoms with Crippen molar-refractivity contribution in [2.24, 2.45) is 0 Å². The number of rotatable bonds is 4. The summed E-state index contributed by atoms with van der Waals surface area (Å²) in [5, 5.41) is 1.99. The molecule has 0 aliphatic rings. The average molecular weight is 276 g/mol. The molecule has 19 heavy (non-hydrogen) atoms. The minimum Gasteiger partial charge on any atom is -0.486 e. The Morgan fingerprint density at radius 2 is 2.16 bits per heavy atom. The Bertz CT molecular complexity index is 565. The second kappa shape index (κ2) is 5.75. The Hall–Kier alpha value is -2.01. The molecular formula is C14H16N2O2S. The number of nitrogen functional groups attached to an aromatic ring is 1. The van der Waals surface area contributed by atoms with Gasteiger partial charge in [0.25, 0.3) is 5.91 Å². The van der Waals surface area contributed by atoms with Crippen molar-refractivity contribution in [3.63, 3.8) is 0 Å². The van der Waals surface area contributed by atoms with Crippen LogP contribution in [0.15, 0.2) is 35.7 Å². The number of carbonyl (C=O) groups is 1. The van der Waals surface area contributed by atoms with E-state index in [0.717, 1.165) is 4.88 Å². The van der Waals surface area contributed by atoms with Gasteiger partial charge in [-0.25, -0.2) is 0 Å². The number of anilines is 1. The molecule has 0 radical (unpaired) electrons. The van der Waals surface area contributed by atoms with Crippen LogP contribution in [0.5, 0.6) is 5.75 Å². The van der Waals surface area contributed by atoms with E-state index in [1.165, 1.54) is 4.90 Å². The van der Waals surface area contributed by atoms with Gasteiger partial charge in [0.2, 0.25) is 0 Å². The molecule has 0 atom stereocenters. The van der Waals surface area contributed by atoms with Gasteiger partial charge >= 0.3 is 0 Å². The van der Waals surface area contributed by atoms with E-state index in [2.05, 4.69) is 0 Å². The van der Waals surface area contributed by atoms with Gasteiger partial charge in [0.05, 0.1) is 5.69 Å². The lowest BCUT2D eigenvalue weighted by molar-refractivity contribution is 0.0827. The largest absolute Gasteiger partial charge is 0.486 e. The quantitative estimate of drug-likeness (QED) is 0.873. The van der Waals surface area contributed by atoms with Crippen LogP contribution in [-0.2, 0) is 6.61 Å². The fourth-order valence-electron chi connectivity index (χ4n) is 1.59. The maximum absolute atomic E-state index is 11.9. The number of hydrogen-bond acceptors (Lipinski definition) is 4. The van der Waals surface area contributed by atoms with Gasteiger partial charge in [0.15, 0.2) is 0 Å². The summed E-state index contributed by atoms with van der Waals surface area (Å²) in [5.74, 6) is 0.474. The van der Waals surface area contributed by atoms with Gasteiger partial charge in [-0.1, -0.05) is 6.07 Å². The predicted molar refractivity (Wildman–Crippen MR) is 77.5 cm³/mol. The van der Waals surface area contributed by atoms with Crippen LogP contribution in [0.4, 0.5) is 5.69 Å². The molecule has 2 N–H and O–H groups in total. The third kappa shape index (κ3) is 3.26. The van der Waals surface area contributed by atoms with Gasteiger partial charge in [-0.15, -0.1) is 11.3 Å². The summed E-state index contributed by atoms with van der Waals surface area (Å²) in [6.07, 6.45) is 0. The van der Waals surface area contributed by atoms with Gasteiger partial charge in [0.1, 0.15) is 12.4 Å². The van der Waals surface area contributed by atoms with E-state index in [9.17, 15) is 4.79 Å². The smallest absolute Gasteiger partial charge is 0.253 e. The number of amides is 1. The first-order valence-electron chi connectivity index (χ1n) is 5.84. The van der Waals surface area contributed by atoms with E-state index in [1.807, 2.05) is 17.5 Å². The Balaban J connectivity index is 2.15. The molecule has 0 bridgehead atoms. The molecule has 1 aromatic heterocycles. The first-order valence-corrected chi connectivity index (χ1v) is 6.72. The molecule has 0 saturated carbocycles. The molecule has 1 aromatic carbocycles. The summed E-state index contributed by atoms with van der Waals surface area (Å²) in [7, 11) is 3.43. The summed E-state index contributed by atoms with van der Waals surface area (Å²) in [6, 6.07) is 9.05. The molecule has 0 saturated heterocycles. The Morgan fingerprint density at radius 1 is 1.37 bits per heavy atom. The summed E-state index contributed by atoms with van der Waals surface area (Å²) in [6.45, 7) is 0.460. The highest BCUT2D eigenvalue weighted by molar-refractivity contribution is 7.09. The lowest BCUT2D eigenvalue weighted by Gasteiger charge is -2.13. The first kappa shape index (κ1) is 13.4. The van der Waals surface area contributed by atoms with Gasteiger partial charge < -0.3 is 15.4 Å². The molecule has 5 heteroatoms. The van der Waals surface area contributed by atoms with Crippen LogP contribution in [0.2, 0.25) is 0 Å². The van der Waals surface area contributed by atoms with Crippen molar-refractivity contribution in [3.8, 4) is 5.75 Å². The van der Waals surface area contributed by atoms with E-state index in [4.69, 9.17) is 10.5 Å². The van der Waals surface area contributed by atoms with Crippen LogP contribution in [0.1, 0.15) is 15.2 Å². The summed E-state index contributed by atoms with van der Waals surface area (Å²) in [4.78, 5) is 14.5. The summed E-state index contributed by atoms with van der Waals surface area (Å²) in [5.41, 5.74) is 6.96. The van der Waals surface area contributed by atoms with E-state index in [1.54, 1.807) is 43.6 Å². The van der Waals surface area contributed by atoms with Crippen molar-refractivity contribution in [1.82, 2.24) is 4.90 Å². The van der Waals surface area contributed by atoms with Crippen molar-refractivity contribution in [2.45, 2.75) is 6.61 Å². The molecule has 1 amide bonds. The zero-order valence-electron chi connectivity index (χ0n) is 10.9. The summed E-state index contributed by atoms with van der Waals surface area (Å²) < 4.78 is 5.67. The van der Waals surface area contributed by atoms with Crippen LogP contribution >= 0.6 is 11.3 Å². The SMILES string of the molecule is CN(C)C(=O)c1ccc(N)c(OCc2cccs2)c1. The summed E-state index contributed by atoms with van der Waals surface area (Å²) >= 11 is 1.62. The third-order valence-corrected chi connectivity index (χ3v) is 3.47. The lowest BCUT2D eigenvalue weighted by Crippen LogP contribution is -2.21. The molecule has 0 fully saturated rings. The van der Waals surface area contributed by atoms with Crippen molar-refractivity contribution in [1.29, 1.82) is 0 Å². The number of hydrogen-bond donors (Lipinski definition) is 1. The molecule has 0 aliphatic heterocycles. The zero-order chi connectivity index (χ0) is 13.8. The molecule has 0 spiro atoms. The van der Waals surface area contributed by atoms with Crippen LogP contribution in [0.25, 0.3) is 0 Å². The maximum atomic E-state index is 11.9. The monoisotopic (exact) mass is 276 g/mol. The van der Waals surface area contributed by atoms with Gasteiger partial charge in [0, 0.05) is 24.5 Å². The third-order valence-electron chi connectivity index (χ3n) is 2.62.